The smallest absolute Gasteiger partial charge is 0.336 e. The number of rotatable bonds is 8. The number of hydrogen-bond donors (Lipinski definition) is 2. The monoisotopic (exact) mass is 610 g/mol. The number of methoxy groups -OCH3 is 3. The molecule has 2 aliphatic rings. The predicted molar refractivity (Wildman–Crippen MR) is 151 cm³/mol. The van der Waals surface area contributed by atoms with Crippen molar-refractivity contribution in [2.24, 2.45) is 5.92 Å². The Morgan fingerprint density at radius 2 is 1.79 bits per heavy atom. The lowest BCUT2D eigenvalue weighted by Gasteiger charge is -2.38. The lowest BCUT2D eigenvalue weighted by molar-refractivity contribution is -0.141. The normalized spacial score (nSPS) is 20.1. The van der Waals surface area contributed by atoms with Gasteiger partial charge in [0.1, 0.15) is 33.6 Å². The van der Waals surface area contributed by atoms with E-state index in [1.165, 1.54) is 45.6 Å². The Morgan fingerprint density at radius 1 is 1.09 bits per heavy atom. The number of aliphatic hydroxyl groups is 1. The molecule has 0 unspecified atom stereocenters. The summed E-state index contributed by atoms with van der Waals surface area (Å²) in [7, 11) is 3.89. The zero-order chi connectivity index (χ0) is 31.2. The molecule has 3 atom stereocenters. The third-order valence-electron chi connectivity index (χ3n) is 7.85. The van der Waals surface area contributed by atoms with Gasteiger partial charge in [0.05, 0.1) is 39.2 Å². The maximum absolute atomic E-state index is 14.1. The molecule has 1 aliphatic carbocycles. The topological polar surface area (TPSA) is 159 Å². The number of halogens is 1. The molecule has 1 aliphatic heterocycles. The fourth-order valence-corrected chi connectivity index (χ4v) is 5.97. The maximum Gasteiger partial charge on any atom is 0.336 e. The molecule has 2 N–H and O–H groups in total. The van der Waals surface area contributed by atoms with E-state index >= 15 is 0 Å². The van der Waals surface area contributed by atoms with Gasteiger partial charge in [0, 0.05) is 29.5 Å². The summed E-state index contributed by atoms with van der Waals surface area (Å²) in [6.45, 7) is 1.58. The average molecular weight is 611 g/mol. The number of ether oxygens (including phenoxy) is 4. The number of ketones is 2. The number of furan rings is 1. The first kappa shape index (κ1) is 29.7. The van der Waals surface area contributed by atoms with Crippen LogP contribution in [0, 0.1) is 5.92 Å². The van der Waals surface area contributed by atoms with Gasteiger partial charge in [0.15, 0.2) is 17.3 Å². The number of aromatic carboxylic acids is 1. The van der Waals surface area contributed by atoms with Crippen LogP contribution in [0.1, 0.15) is 52.2 Å². The van der Waals surface area contributed by atoms with E-state index in [0.29, 0.717) is 0 Å². The van der Waals surface area contributed by atoms with Crippen LogP contribution in [0.15, 0.2) is 58.2 Å². The Hall–Kier alpha value is -4.77. The Labute approximate surface area is 250 Å². The first-order chi connectivity index (χ1) is 20.5. The number of hydrogen-bond acceptors (Lipinski definition) is 10. The van der Waals surface area contributed by atoms with Crippen molar-refractivity contribution in [2.45, 2.75) is 31.3 Å². The molecule has 0 bridgehead atoms. The summed E-state index contributed by atoms with van der Waals surface area (Å²) in [4.78, 5) is 52.1. The fraction of sp³-hybridized carbons (Fsp3) is 0.290. The molecule has 43 heavy (non-hydrogen) atoms. The lowest BCUT2D eigenvalue weighted by Crippen LogP contribution is -2.53. The van der Waals surface area contributed by atoms with Crippen molar-refractivity contribution in [1.82, 2.24) is 0 Å². The van der Waals surface area contributed by atoms with Gasteiger partial charge in [-0.05, 0) is 18.2 Å². The zero-order valence-electron chi connectivity index (χ0n) is 23.6. The van der Waals surface area contributed by atoms with Gasteiger partial charge < -0.3 is 33.6 Å². The Morgan fingerprint density at radius 3 is 2.44 bits per heavy atom. The highest BCUT2D eigenvalue weighted by Gasteiger charge is 2.61. The SMILES string of the molecule is COC(=O)C[C@H](C1=C(O)[C@@]2(Oc3c(Cl)c(OC)cc(OC)c3C2=O)[C@H](C)CC1=O)c1ccc(-c2ccccc2C(=O)O)o1. The van der Waals surface area contributed by atoms with Gasteiger partial charge in [-0.3, -0.25) is 14.4 Å². The number of Topliss-reactive ketones (excluding diaryl/α,β-unsaturated/α-hetero) is 2. The van der Waals surface area contributed by atoms with Crippen LogP contribution < -0.4 is 14.2 Å². The quantitative estimate of drug-likeness (QED) is 0.315. The second kappa shape index (κ2) is 11.1. The summed E-state index contributed by atoms with van der Waals surface area (Å²) in [6, 6.07) is 10.5. The van der Waals surface area contributed by atoms with E-state index < -0.39 is 53.1 Å². The summed E-state index contributed by atoms with van der Waals surface area (Å²) in [5, 5.41) is 21.5. The molecule has 1 spiro atoms. The number of carboxylic acids is 1. The first-order valence-electron chi connectivity index (χ1n) is 13.1. The minimum Gasteiger partial charge on any atom is -0.507 e. The molecule has 12 heteroatoms. The number of carboxylic acid groups (broad SMARTS) is 1. The number of esters is 1. The number of fused-ring (bicyclic) bond motifs is 1. The summed E-state index contributed by atoms with van der Waals surface area (Å²) in [5.74, 6) is -5.54. The minimum absolute atomic E-state index is 0.0270. The number of aliphatic hydroxyl groups excluding tert-OH is 1. The molecule has 0 amide bonds. The zero-order valence-corrected chi connectivity index (χ0v) is 24.3. The highest BCUT2D eigenvalue weighted by molar-refractivity contribution is 6.35. The fourth-order valence-electron chi connectivity index (χ4n) is 5.70. The van der Waals surface area contributed by atoms with Crippen molar-refractivity contribution in [2.75, 3.05) is 21.3 Å². The minimum atomic E-state index is -2.07. The van der Waals surface area contributed by atoms with E-state index in [0.717, 1.165) is 0 Å². The van der Waals surface area contributed by atoms with Crippen LogP contribution >= 0.6 is 11.6 Å². The molecule has 0 saturated heterocycles. The molecule has 0 fully saturated rings. The van der Waals surface area contributed by atoms with E-state index in [4.69, 9.17) is 35.0 Å². The Kier molecular flexibility index (Phi) is 7.70. The van der Waals surface area contributed by atoms with Crippen LogP contribution in [0.4, 0.5) is 0 Å². The van der Waals surface area contributed by atoms with Gasteiger partial charge in [-0.1, -0.05) is 36.7 Å². The van der Waals surface area contributed by atoms with Crippen LogP contribution in [0.5, 0.6) is 17.2 Å². The van der Waals surface area contributed by atoms with E-state index in [1.54, 1.807) is 25.1 Å². The van der Waals surface area contributed by atoms with Crippen LogP contribution in [0.3, 0.4) is 0 Å². The third kappa shape index (κ3) is 4.60. The van der Waals surface area contributed by atoms with Crippen molar-refractivity contribution in [3.05, 3.63) is 75.7 Å². The molecule has 5 rings (SSSR count). The maximum atomic E-state index is 14.1. The first-order valence-corrected chi connectivity index (χ1v) is 13.5. The molecule has 3 aromatic rings. The molecular weight excluding hydrogens is 584 g/mol. The lowest BCUT2D eigenvalue weighted by atomic mass is 9.69. The van der Waals surface area contributed by atoms with Crippen LogP contribution in [0.2, 0.25) is 5.02 Å². The van der Waals surface area contributed by atoms with E-state index in [9.17, 15) is 29.4 Å². The van der Waals surface area contributed by atoms with E-state index in [1.807, 2.05) is 0 Å². The molecule has 2 aromatic carbocycles. The second-order valence-corrected chi connectivity index (χ2v) is 10.5. The summed E-state index contributed by atoms with van der Waals surface area (Å²) in [6.07, 6.45) is -0.679. The van der Waals surface area contributed by atoms with Crippen LogP contribution in [0.25, 0.3) is 11.3 Å². The summed E-state index contributed by atoms with van der Waals surface area (Å²) < 4.78 is 27.8. The van der Waals surface area contributed by atoms with Crippen molar-refractivity contribution in [3.8, 4) is 28.6 Å². The van der Waals surface area contributed by atoms with Crippen molar-refractivity contribution in [1.29, 1.82) is 0 Å². The number of benzene rings is 2. The number of carbonyl (C=O) groups is 4. The second-order valence-electron chi connectivity index (χ2n) is 10.1. The van der Waals surface area contributed by atoms with Gasteiger partial charge in [-0.2, -0.15) is 0 Å². The molecule has 224 valence electrons. The summed E-state index contributed by atoms with van der Waals surface area (Å²) in [5.41, 5.74) is -2.15. The standard InChI is InChI=1S/C31H27ClO11/c1-14-11-18(33)24(28(35)31(14)29(36)25-21(39-2)13-22(40-3)26(32)27(25)43-31)17(12-23(34)41-4)20-10-9-19(42-20)15-7-5-6-8-16(15)30(37)38/h5-10,13-14,17,35H,11-12H2,1-4H3,(H,37,38)/t14-,17+,31+/m1/s1. The van der Waals surface area contributed by atoms with Crippen molar-refractivity contribution in [3.63, 3.8) is 0 Å². The number of allylic oxidation sites excluding steroid dienone is 1. The highest BCUT2D eigenvalue weighted by atomic mass is 35.5. The van der Waals surface area contributed by atoms with Gasteiger partial charge in [-0.25, -0.2) is 4.79 Å². The summed E-state index contributed by atoms with van der Waals surface area (Å²) >= 11 is 6.51. The van der Waals surface area contributed by atoms with E-state index in [-0.39, 0.29) is 62.5 Å². The van der Waals surface area contributed by atoms with Crippen LogP contribution in [-0.4, -0.2) is 60.6 Å². The molecule has 0 saturated carbocycles. The molecular formula is C31H27ClO11. The predicted octanol–water partition coefficient (Wildman–Crippen LogP) is 5.40. The third-order valence-corrected chi connectivity index (χ3v) is 8.21. The molecule has 0 radical (unpaired) electrons. The van der Waals surface area contributed by atoms with Gasteiger partial charge in [0.2, 0.25) is 11.4 Å². The van der Waals surface area contributed by atoms with Gasteiger partial charge in [-0.15, -0.1) is 0 Å². The van der Waals surface area contributed by atoms with Crippen molar-refractivity contribution >= 4 is 35.1 Å². The van der Waals surface area contributed by atoms with Gasteiger partial charge >= 0.3 is 11.9 Å². The van der Waals surface area contributed by atoms with Gasteiger partial charge in [0.25, 0.3) is 0 Å². The van der Waals surface area contributed by atoms with Crippen LogP contribution in [-0.2, 0) is 14.3 Å². The Balaban J connectivity index is 1.69. The largest absolute Gasteiger partial charge is 0.507 e. The molecule has 2 heterocycles. The van der Waals surface area contributed by atoms with E-state index in [2.05, 4.69) is 0 Å². The highest BCUT2D eigenvalue weighted by Crippen LogP contribution is 2.56. The molecule has 1 aromatic heterocycles. The average Bonchev–Trinajstić information content (AvgIpc) is 3.60. The Bertz CT molecular complexity index is 1700. The molecule has 11 nitrogen and oxygen atoms in total. The van der Waals surface area contributed by atoms with Crippen molar-refractivity contribution < 1.29 is 52.8 Å². The number of carbonyl (C=O) groups excluding carboxylic acids is 3.